The van der Waals surface area contributed by atoms with Crippen LogP contribution in [0.5, 0.6) is 0 Å². The molecule has 170 valence electrons. The van der Waals surface area contributed by atoms with E-state index in [2.05, 4.69) is 10.6 Å². The maximum Gasteiger partial charge on any atom is 0.332 e. The van der Waals surface area contributed by atoms with E-state index in [0.717, 1.165) is 17.4 Å². The summed E-state index contributed by atoms with van der Waals surface area (Å²) in [7, 11) is 0. The molecule has 4 rings (SSSR count). The molecule has 2 aromatic heterocycles. The van der Waals surface area contributed by atoms with Crippen molar-refractivity contribution in [2.45, 2.75) is 51.9 Å². The molecular formula is C22H26N4O6. The maximum absolute atomic E-state index is 13.3. The highest BCUT2D eigenvalue weighted by molar-refractivity contribution is 6.02. The lowest BCUT2D eigenvalue weighted by molar-refractivity contribution is -0.122. The van der Waals surface area contributed by atoms with Crippen LogP contribution in [0.15, 0.2) is 38.3 Å². The van der Waals surface area contributed by atoms with Gasteiger partial charge >= 0.3 is 5.69 Å². The van der Waals surface area contributed by atoms with Crippen LogP contribution in [0.25, 0.3) is 22.1 Å². The molecule has 1 fully saturated rings. The zero-order valence-electron chi connectivity index (χ0n) is 18.1. The van der Waals surface area contributed by atoms with E-state index in [1.54, 1.807) is 38.1 Å². The molecule has 0 bridgehead atoms. The first-order valence-corrected chi connectivity index (χ1v) is 10.7. The number of carbonyl (C=O) groups excluding carboxylic acids is 2. The van der Waals surface area contributed by atoms with Gasteiger partial charge < -0.3 is 19.8 Å². The highest BCUT2D eigenvalue weighted by Crippen LogP contribution is 2.25. The summed E-state index contributed by atoms with van der Waals surface area (Å²) in [6.45, 7) is 3.78. The van der Waals surface area contributed by atoms with E-state index in [1.807, 2.05) is 0 Å². The number of fused-ring (bicyclic) bond motifs is 3. The summed E-state index contributed by atoms with van der Waals surface area (Å²) < 4.78 is 13.2. The van der Waals surface area contributed by atoms with Crippen molar-refractivity contribution in [3.63, 3.8) is 0 Å². The normalized spacial score (nSPS) is 16.2. The van der Waals surface area contributed by atoms with Gasteiger partial charge in [-0.2, -0.15) is 0 Å². The molecule has 32 heavy (non-hydrogen) atoms. The number of ether oxygens (including phenoxy) is 1. The number of furan rings is 1. The van der Waals surface area contributed by atoms with Gasteiger partial charge in [0.1, 0.15) is 24.2 Å². The molecule has 0 radical (unpaired) electrons. The standard InChI is InChI=1S/C22H26N4O6/c1-13(2)24-18(28)12-26-21(29)20-19(15-7-3-4-8-16(15)32-20)25(22(26)30)11-17(27)23-10-14-6-5-9-31-14/h3-4,7-8,13-14H,5-6,9-12H2,1-2H3,(H,23,27)(H,24,28)/t14-/m0/s1. The van der Waals surface area contributed by atoms with E-state index in [9.17, 15) is 19.2 Å². The lowest BCUT2D eigenvalue weighted by Crippen LogP contribution is -2.46. The Hall–Kier alpha value is -3.40. The third-order valence-corrected chi connectivity index (χ3v) is 5.34. The Morgan fingerprint density at radius 1 is 1.12 bits per heavy atom. The zero-order valence-corrected chi connectivity index (χ0v) is 18.1. The fraction of sp³-hybridized carbons (Fsp3) is 0.455. The molecular weight excluding hydrogens is 416 g/mol. The summed E-state index contributed by atoms with van der Waals surface area (Å²) in [4.78, 5) is 51.2. The fourth-order valence-electron chi connectivity index (χ4n) is 3.93. The largest absolute Gasteiger partial charge is 0.449 e. The SMILES string of the molecule is CC(C)NC(=O)Cn1c(=O)c2oc3ccccc3c2n(CC(=O)NC[C@@H]2CCCO2)c1=O. The average Bonchev–Trinajstić information content (AvgIpc) is 3.40. The van der Waals surface area contributed by atoms with Crippen LogP contribution in [-0.2, 0) is 27.4 Å². The Balaban J connectivity index is 1.76. The van der Waals surface area contributed by atoms with Crippen molar-refractivity contribution in [3.8, 4) is 0 Å². The van der Waals surface area contributed by atoms with Crippen LogP contribution in [0.2, 0.25) is 0 Å². The summed E-state index contributed by atoms with van der Waals surface area (Å²) in [5, 5.41) is 5.99. The lowest BCUT2D eigenvalue weighted by atomic mass is 10.2. The highest BCUT2D eigenvalue weighted by atomic mass is 16.5. The molecule has 10 nitrogen and oxygen atoms in total. The summed E-state index contributed by atoms with van der Waals surface area (Å²) in [6.07, 6.45) is 1.77. The quantitative estimate of drug-likeness (QED) is 0.556. The molecule has 1 aliphatic heterocycles. The second-order valence-corrected chi connectivity index (χ2v) is 8.20. The van der Waals surface area contributed by atoms with Crippen LogP contribution in [-0.4, -0.2) is 46.2 Å². The molecule has 0 aliphatic carbocycles. The molecule has 2 amide bonds. The Kier molecular flexibility index (Phi) is 6.13. The van der Waals surface area contributed by atoms with Gasteiger partial charge in [0.15, 0.2) is 0 Å². The van der Waals surface area contributed by atoms with E-state index in [0.29, 0.717) is 24.1 Å². The fourth-order valence-corrected chi connectivity index (χ4v) is 3.93. The molecule has 10 heteroatoms. The molecule has 0 spiro atoms. The van der Waals surface area contributed by atoms with E-state index < -0.39 is 29.6 Å². The van der Waals surface area contributed by atoms with Crippen LogP contribution < -0.4 is 21.9 Å². The summed E-state index contributed by atoms with van der Waals surface area (Å²) in [6, 6.07) is 6.74. The van der Waals surface area contributed by atoms with Gasteiger partial charge in [0, 0.05) is 24.6 Å². The van der Waals surface area contributed by atoms with Gasteiger partial charge in [-0.1, -0.05) is 12.1 Å². The topological polar surface area (TPSA) is 125 Å². The number of nitrogens with zero attached hydrogens (tertiary/aromatic N) is 2. The van der Waals surface area contributed by atoms with Crippen LogP contribution >= 0.6 is 0 Å². The second-order valence-electron chi connectivity index (χ2n) is 8.20. The van der Waals surface area contributed by atoms with Gasteiger partial charge in [-0.3, -0.25) is 19.0 Å². The molecule has 0 saturated carbocycles. The molecule has 1 saturated heterocycles. The Bertz CT molecular complexity index is 1280. The predicted octanol–water partition coefficient (Wildman–Crippen LogP) is 0.729. The van der Waals surface area contributed by atoms with Crippen molar-refractivity contribution in [3.05, 3.63) is 45.1 Å². The van der Waals surface area contributed by atoms with E-state index in [-0.39, 0.29) is 29.8 Å². The van der Waals surface area contributed by atoms with Gasteiger partial charge in [0.2, 0.25) is 17.4 Å². The Labute approximate surface area is 183 Å². The Morgan fingerprint density at radius 2 is 1.88 bits per heavy atom. The number of amides is 2. The number of nitrogens with one attached hydrogen (secondary N) is 2. The lowest BCUT2D eigenvalue weighted by Gasteiger charge is -2.14. The van der Waals surface area contributed by atoms with Crippen molar-refractivity contribution in [1.29, 1.82) is 0 Å². The predicted molar refractivity (Wildman–Crippen MR) is 118 cm³/mol. The van der Waals surface area contributed by atoms with E-state index in [1.165, 1.54) is 4.57 Å². The minimum Gasteiger partial charge on any atom is -0.449 e. The second kappa shape index (κ2) is 8.99. The summed E-state index contributed by atoms with van der Waals surface area (Å²) in [5.41, 5.74) is -0.883. The summed E-state index contributed by atoms with van der Waals surface area (Å²) >= 11 is 0. The number of benzene rings is 1. The summed E-state index contributed by atoms with van der Waals surface area (Å²) in [5.74, 6) is -0.880. The van der Waals surface area contributed by atoms with E-state index in [4.69, 9.17) is 9.15 Å². The van der Waals surface area contributed by atoms with E-state index >= 15 is 0 Å². The smallest absolute Gasteiger partial charge is 0.332 e. The Morgan fingerprint density at radius 3 is 2.59 bits per heavy atom. The average molecular weight is 442 g/mol. The van der Waals surface area contributed by atoms with Crippen LogP contribution in [0, 0.1) is 0 Å². The van der Waals surface area contributed by atoms with Crippen LogP contribution in [0.4, 0.5) is 0 Å². The van der Waals surface area contributed by atoms with Crippen molar-refractivity contribution in [1.82, 2.24) is 19.8 Å². The van der Waals surface area contributed by atoms with Gasteiger partial charge in [0.05, 0.1) is 6.10 Å². The van der Waals surface area contributed by atoms with Crippen molar-refractivity contribution >= 4 is 33.9 Å². The first-order valence-electron chi connectivity index (χ1n) is 10.7. The van der Waals surface area contributed by atoms with Crippen molar-refractivity contribution in [2.24, 2.45) is 0 Å². The first-order chi connectivity index (χ1) is 15.3. The third-order valence-electron chi connectivity index (χ3n) is 5.34. The first kappa shape index (κ1) is 21.8. The molecule has 1 aliphatic rings. The van der Waals surface area contributed by atoms with Gasteiger partial charge in [0.25, 0.3) is 5.56 Å². The van der Waals surface area contributed by atoms with Crippen LogP contribution in [0.1, 0.15) is 26.7 Å². The number of aromatic nitrogens is 2. The number of hydrogen-bond acceptors (Lipinski definition) is 6. The van der Waals surface area contributed by atoms with Crippen molar-refractivity contribution < 1.29 is 18.7 Å². The van der Waals surface area contributed by atoms with Crippen molar-refractivity contribution in [2.75, 3.05) is 13.2 Å². The number of para-hydroxylation sites is 1. The van der Waals surface area contributed by atoms with Gasteiger partial charge in [-0.15, -0.1) is 0 Å². The monoisotopic (exact) mass is 442 g/mol. The molecule has 3 aromatic rings. The van der Waals surface area contributed by atoms with Gasteiger partial charge in [-0.05, 0) is 38.8 Å². The molecule has 0 unspecified atom stereocenters. The number of rotatable bonds is 7. The van der Waals surface area contributed by atoms with Crippen LogP contribution in [0.3, 0.4) is 0 Å². The molecule has 3 heterocycles. The number of hydrogen-bond donors (Lipinski definition) is 2. The zero-order chi connectivity index (χ0) is 22.8. The minimum atomic E-state index is -0.750. The molecule has 1 atom stereocenters. The molecule has 1 aromatic carbocycles. The minimum absolute atomic E-state index is 0.0425. The molecule has 2 N–H and O–H groups in total. The third kappa shape index (κ3) is 4.31. The van der Waals surface area contributed by atoms with Gasteiger partial charge in [-0.25, -0.2) is 9.36 Å². The maximum atomic E-state index is 13.3. The number of carbonyl (C=O) groups is 2. The highest BCUT2D eigenvalue weighted by Gasteiger charge is 2.23.